The molecule has 0 radical (unpaired) electrons. The van der Waals surface area contributed by atoms with E-state index in [1.54, 1.807) is 0 Å². The van der Waals surface area contributed by atoms with Gasteiger partial charge < -0.3 is 4.42 Å². The summed E-state index contributed by atoms with van der Waals surface area (Å²) < 4.78 is 6.46. The number of allylic oxidation sites excluding steroid dienone is 3. The molecule has 0 aliphatic rings. The van der Waals surface area contributed by atoms with Crippen molar-refractivity contribution >= 4 is 28.0 Å². The highest BCUT2D eigenvalue weighted by atomic mass is 16.3. The largest absolute Gasteiger partial charge is 0.456 e. The average molecular weight is 618 g/mol. The Bertz CT molecular complexity index is 2420. The Morgan fingerprint density at radius 3 is 1.73 bits per heavy atom. The molecular weight excluding hydrogens is 587 g/mol. The molecule has 0 atom stereocenters. The fourth-order valence-electron chi connectivity index (χ4n) is 6.04. The normalized spacial score (nSPS) is 11.7. The number of furan rings is 1. The minimum Gasteiger partial charge on any atom is -0.456 e. The van der Waals surface area contributed by atoms with Gasteiger partial charge in [0.25, 0.3) is 0 Å². The molecule has 6 aromatic carbocycles. The summed E-state index contributed by atoms with van der Waals surface area (Å²) in [7, 11) is 0. The highest BCUT2D eigenvalue weighted by molar-refractivity contribution is 6.12. The molecule has 48 heavy (non-hydrogen) atoms. The summed E-state index contributed by atoms with van der Waals surface area (Å²) in [6.45, 7) is 2.01. The second-order valence-electron chi connectivity index (χ2n) is 11.6. The molecule has 2 aromatic heterocycles. The molecule has 0 aliphatic carbocycles. The van der Waals surface area contributed by atoms with Gasteiger partial charge in [0.05, 0.1) is 0 Å². The molecular formula is C44H31N3O. The molecule has 0 bridgehead atoms. The van der Waals surface area contributed by atoms with Gasteiger partial charge in [-0.05, 0) is 52.9 Å². The van der Waals surface area contributed by atoms with Crippen LogP contribution in [0.1, 0.15) is 12.5 Å². The van der Waals surface area contributed by atoms with Crippen molar-refractivity contribution in [2.75, 3.05) is 0 Å². The molecule has 0 unspecified atom stereocenters. The van der Waals surface area contributed by atoms with Gasteiger partial charge >= 0.3 is 0 Å². The third kappa shape index (κ3) is 5.72. The number of aromatic nitrogens is 3. The third-order valence-electron chi connectivity index (χ3n) is 8.49. The summed E-state index contributed by atoms with van der Waals surface area (Å²) in [5.41, 5.74) is 10.1. The second-order valence-corrected chi connectivity index (χ2v) is 11.6. The third-order valence-corrected chi connectivity index (χ3v) is 8.49. The second kappa shape index (κ2) is 12.8. The molecule has 0 saturated heterocycles. The van der Waals surface area contributed by atoms with Crippen molar-refractivity contribution in [3.8, 4) is 56.4 Å². The topological polar surface area (TPSA) is 51.8 Å². The van der Waals surface area contributed by atoms with Crippen LogP contribution in [-0.2, 0) is 0 Å². The maximum absolute atomic E-state index is 6.46. The maximum Gasteiger partial charge on any atom is 0.164 e. The van der Waals surface area contributed by atoms with Gasteiger partial charge in [-0.25, -0.2) is 15.0 Å². The summed E-state index contributed by atoms with van der Waals surface area (Å²) in [5.74, 6) is 1.85. The fraction of sp³-hybridized carbons (Fsp3) is 0.0227. The highest BCUT2D eigenvalue weighted by Crippen LogP contribution is 2.38. The lowest BCUT2D eigenvalue weighted by molar-refractivity contribution is 0.669. The Hall–Kier alpha value is -6.39. The van der Waals surface area contributed by atoms with E-state index in [1.165, 1.54) is 5.56 Å². The fourth-order valence-corrected chi connectivity index (χ4v) is 6.04. The standard InChI is InChI=1S/C44H31N3O/c1-2-3-6-12-30-19-21-33(22-20-30)36-27-28-37-40(29-36)48-39-18-11-17-38(41(37)39)44-46-42(34-15-9-5-10-16-34)45-43(47-44)35-25-23-32(24-26-35)31-13-7-4-8-14-31/h2-29H,1H3/b3-2-,12-6-. The van der Waals surface area contributed by atoms with E-state index in [0.29, 0.717) is 17.5 Å². The van der Waals surface area contributed by atoms with Crippen LogP contribution in [0.3, 0.4) is 0 Å². The van der Waals surface area contributed by atoms with Crippen LogP contribution >= 0.6 is 0 Å². The van der Waals surface area contributed by atoms with Crippen LogP contribution in [0.4, 0.5) is 0 Å². The summed E-state index contributed by atoms with van der Waals surface area (Å²) >= 11 is 0. The minimum atomic E-state index is 0.602. The van der Waals surface area contributed by atoms with Crippen LogP contribution in [0, 0.1) is 0 Å². The molecule has 228 valence electrons. The summed E-state index contributed by atoms with van der Waals surface area (Å²) in [6.07, 6.45) is 8.20. The Kier molecular flexibility index (Phi) is 7.73. The zero-order chi connectivity index (χ0) is 32.3. The van der Waals surface area contributed by atoms with Gasteiger partial charge in [-0.2, -0.15) is 0 Å². The van der Waals surface area contributed by atoms with Gasteiger partial charge in [0, 0.05) is 27.5 Å². The summed E-state index contributed by atoms with van der Waals surface area (Å²) in [6, 6.07) is 49.9. The molecule has 0 saturated carbocycles. The first-order valence-corrected chi connectivity index (χ1v) is 16.1. The lowest BCUT2D eigenvalue weighted by Gasteiger charge is -2.10. The SMILES string of the molecule is C/C=C\C=C/c1ccc(-c2ccc3c(c2)oc2cccc(-c4nc(-c5ccccc5)nc(-c5ccc(-c6ccccc6)cc5)n4)c23)cc1. The molecule has 0 aliphatic heterocycles. The molecule has 4 nitrogen and oxygen atoms in total. The molecule has 0 amide bonds. The van der Waals surface area contributed by atoms with E-state index in [9.17, 15) is 0 Å². The average Bonchev–Trinajstić information content (AvgIpc) is 3.54. The summed E-state index contributed by atoms with van der Waals surface area (Å²) in [5, 5.41) is 2.00. The van der Waals surface area contributed by atoms with Crippen LogP contribution < -0.4 is 0 Å². The smallest absolute Gasteiger partial charge is 0.164 e. The molecule has 0 spiro atoms. The van der Waals surface area contributed by atoms with Crippen molar-refractivity contribution in [1.29, 1.82) is 0 Å². The van der Waals surface area contributed by atoms with Crippen molar-refractivity contribution in [1.82, 2.24) is 15.0 Å². The quantitative estimate of drug-likeness (QED) is 0.167. The van der Waals surface area contributed by atoms with Crippen LogP contribution in [-0.4, -0.2) is 15.0 Å². The predicted octanol–water partition coefficient (Wildman–Crippen LogP) is 11.7. The van der Waals surface area contributed by atoms with Crippen molar-refractivity contribution < 1.29 is 4.42 Å². The van der Waals surface area contributed by atoms with Gasteiger partial charge in [0.15, 0.2) is 17.5 Å². The first-order chi connectivity index (χ1) is 23.7. The van der Waals surface area contributed by atoms with E-state index in [2.05, 4.69) is 103 Å². The number of benzene rings is 6. The minimum absolute atomic E-state index is 0.602. The van der Waals surface area contributed by atoms with Crippen molar-refractivity contribution in [3.05, 3.63) is 169 Å². The maximum atomic E-state index is 6.46. The Labute approximate surface area is 279 Å². The zero-order valence-corrected chi connectivity index (χ0v) is 26.4. The van der Waals surface area contributed by atoms with Gasteiger partial charge in [-0.1, -0.05) is 152 Å². The zero-order valence-electron chi connectivity index (χ0n) is 26.4. The Balaban J connectivity index is 1.22. The first-order valence-electron chi connectivity index (χ1n) is 16.1. The van der Waals surface area contributed by atoms with E-state index in [4.69, 9.17) is 19.4 Å². The van der Waals surface area contributed by atoms with Gasteiger partial charge in [-0.3, -0.25) is 0 Å². The van der Waals surface area contributed by atoms with Crippen molar-refractivity contribution in [3.63, 3.8) is 0 Å². The summed E-state index contributed by atoms with van der Waals surface area (Å²) in [4.78, 5) is 15.0. The predicted molar refractivity (Wildman–Crippen MR) is 198 cm³/mol. The van der Waals surface area contributed by atoms with E-state index in [-0.39, 0.29) is 0 Å². The van der Waals surface area contributed by atoms with Crippen molar-refractivity contribution in [2.24, 2.45) is 0 Å². The Morgan fingerprint density at radius 1 is 0.458 bits per heavy atom. The highest BCUT2D eigenvalue weighted by Gasteiger charge is 2.18. The van der Waals surface area contributed by atoms with E-state index < -0.39 is 0 Å². The lowest BCUT2D eigenvalue weighted by Crippen LogP contribution is -2.00. The number of rotatable bonds is 7. The molecule has 0 fully saturated rings. The van der Waals surface area contributed by atoms with Crippen molar-refractivity contribution in [2.45, 2.75) is 6.92 Å². The number of hydrogen-bond donors (Lipinski definition) is 0. The Morgan fingerprint density at radius 2 is 1.02 bits per heavy atom. The van der Waals surface area contributed by atoms with E-state index in [1.807, 2.05) is 73.7 Å². The van der Waals surface area contributed by atoms with Gasteiger partial charge in [-0.15, -0.1) is 0 Å². The van der Waals surface area contributed by atoms with E-state index in [0.717, 1.165) is 60.9 Å². The number of fused-ring (bicyclic) bond motifs is 3. The van der Waals surface area contributed by atoms with Crippen LogP contribution in [0.15, 0.2) is 168 Å². The molecule has 8 aromatic rings. The van der Waals surface area contributed by atoms with Crippen LogP contribution in [0.2, 0.25) is 0 Å². The molecule has 2 heterocycles. The number of hydrogen-bond acceptors (Lipinski definition) is 4. The van der Waals surface area contributed by atoms with Gasteiger partial charge in [0.1, 0.15) is 11.2 Å². The van der Waals surface area contributed by atoms with Crippen LogP contribution in [0.5, 0.6) is 0 Å². The molecule has 4 heteroatoms. The first kappa shape index (κ1) is 29.0. The lowest BCUT2D eigenvalue weighted by atomic mass is 10.0. The van der Waals surface area contributed by atoms with E-state index >= 15 is 0 Å². The van der Waals surface area contributed by atoms with Gasteiger partial charge in [0.2, 0.25) is 0 Å². The van der Waals surface area contributed by atoms with Crippen LogP contribution in [0.25, 0.3) is 84.4 Å². The molecule has 0 N–H and O–H groups in total. The number of nitrogens with zero attached hydrogens (tertiary/aromatic N) is 3. The monoisotopic (exact) mass is 617 g/mol. The molecule has 8 rings (SSSR count).